The monoisotopic (exact) mass is 264 g/mol. The molecule has 0 aliphatic rings. The molecular weight excluding hydrogens is 244 g/mol. The third-order valence-corrected chi connectivity index (χ3v) is 3.86. The summed E-state index contributed by atoms with van der Waals surface area (Å²) < 4.78 is 2.16. The third-order valence-electron chi connectivity index (χ3n) is 2.76. The fraction of sp³-hybridized carbons (Fsp3) is 0.538. The lowest BCUT2D eigenvalue weighted by molar-refractivity contribution is 0.600. The lowest BCUT2D eigenvalue weighted by Crippen LogP contribution is -2.12. The molecule has 0 fully saturated rings. The van der Waals surface area contributed by atoms with Gasteiger partial charge in [-0.25, -0.2) is 9.97 Å². The summed E-state index contributed by atoms with van der Waals surface area (Å²) in [6.45, 7) is 10.5. The summed E-state index contributed by atoms with van der Waals surface area (Å²) in [6.07, 6.45) is 3.99. The minimum Gasteiger partial charge on any atom is -0.347 e. The van der Waals surface area contributed by atoms with E-state index in [0.29, 0.717) is 6.04 Å². The molecule has 1 unspecified atom stereocenters. The molecule has 1 atom stereocenters. The average molecular weight is 264 g/mol. The molecule has 98 valence electrons. The minimum atomic E-state index is 0.183. The molecule has 0 spiro atoms. The molecule has 0 bridgehead atoms. The molecule has 2 aromatic heterocycles. The van der Waals surface area contributed by atoms with Gasteiger partial charge < -0.3 is 9.88 Å². The van der Waals surface area contributed by atoms with Crippen LogP contribution in [0.2, 0.25) is 0 Å². The summed E-state index contributed by atoms with van der Waals surface area (Å²) >= 11 is 1.73. The van der Waals surface area contributed by atoms with Crippen molar-refractivity contribution in [3.63, 3.8) is 0 Å². The van der Waals surface area contributed by atoms with Crippen LogP contribution in [-0.2, 0) is 0 Å². The van der Waals surface area contributed by atoms with Crippen molar-refractivity contribution in [1.29, 1.82) is 0 Å². The van der Waals surface area contributed by atoms with Gasteiger partial charge in [-0.05, 0) is 34.6 Å². The number of nitrogens with one attached hydrogen (secondary N) is 1. The van der Waals surface area contributed by atoms with E-state index in [1.54, 1.807) is 11.3 Å². The van der Waals surface area contributed by atoms with Crippen molar-refractivity contribution in [2.75, 3.05) is 5.32 Å². The lowest BCUT2D eigenvalue weighted by atomic mass is 10.3. The van der Waals surface area contributed by atoms with Gasteiger partial charge in [0.2, 0.25) is 5.95 Å². The topological polar surface area (TPSA) is 42.7 Å². The Morgan fingerprint density at radius 3 is 2.56 bits per heavy atom. The molecule has 4 nitrogen and oxygen atoms in total. The van der Waals surface area contributed by atoms with E-state index in [9.17, 15) is 0 Å². The number of rotatable bonds is 4. The Morgan fingerprint density at radius 1 is 1.28 bits per heavy atom. The van der Waals surface area contributed by atoms with Crippen LogP contribution >= 0.6 is 11.3 Å². The summed E-state index contributed by atoms with van der Waals surface area (Å²) in [5, 5.41) is 4.54. The molecular formula is C13H20N4S. The van der Waals surface area contributed by atoms with Crippen LogP contribution in [0.3, 0.4) is 0 Å². The highest BCUT2D eigenvalue weighted by atomic mass is 32.1. The predicted octanol–water partition coefficient (Wildman–Crippen LogP) is 3.71. The zero-order valence-electron chi connectivity index (χ0n) is 11.6. The average Bonchev–Trinajstić information content (AvgIpc) is 2.85. The standard InChI is InChI=1S/C13H20N4S/c1-8(2)17-7-9(3)15-13(17)16-11(5)12-14-6-10(4)18-12/h6-8,11H,1-5H3,(H,15,16). The Balaban J connectivity index is 2.18. The normalized spacial score (nSPS) is 13.0. The highest BCUT2D eigenvalue weighted by Gasteiger charge is 2.14. The van der Waals surface area contributed by atoms with Crippen molar-refractivity contribution in [2.24, 2.45) is 0 Å². The van der Waals surface area contributed by atoms with Gasteiger partial charge in [-0.3, -0.25) is 0 Å². The molecule has 5 heteroatoms. The predicted molar refractivity (Wildman–Crippen MR) is 76.2 cm³/mol. The second-order valence-corrected chi connectivity index (χ2v) is 6.15. The first kappa shape index (κ1) is 13.1. The van der Waals surface area contributed by atoms with Crippen molar-refractivity contribution in [3.05, 3.63) is 28.0 Å². The summed E-state index contributed by atoms with van der Waals surface area (Å²) in [7, 11) is 0. The van der Waals surface area contributed by atoms with Gasteiger partial charge in [-0.2, -0.15) is 0 Å². The molecule has 0 radical (unpaired) electrons. The van der Waals surface area contributed by atoms with Gasteiger partial charge in [0.1, 0.15) is 5.01 Å². The molecule has 1 N–H and O–H groups in total. The summed E-state index contributed by atoms with van der Waals surface area (Å²) in [5.41, 5.74) is 1.04. The van der Waals surface area contributed by atoms with E-state index in [1.807, 2.05) is 13.1 Å². The molecule has 0 aromatic carbocycles. The molecule has 0 saturated heterocycles. The Kier molecular flexibility index (Phi) is 3.71. The Bertz CT molecular complexity index is 527. The number of thiazole rings is 1. The van der Waals surface area contributed by atoms with Crippen molar-refractivity contribution in [2.45, 2.75) is 46.7 Å². The molecule has 18 heavy (non-hydrogen) atoms. The van der Waals surface area contributed by atoms with Gasteiger partial charge in [-0.1, -0.05) is 0 Å². The molecule has 2 heterocycles. The molecule has 0 amide bonds. The number of hydrogen-bond donors (Lipinski definition) is 1. The maximum atomic E-state index is 4.53. The summed E-state index contributed by atoms with van der Waals surface area (Å²) in [4.78, 5) is 10.2. The van der Waals surface area contributed by atoms with E-state index < -0.39 is 0 Å². The van der Waals surface area contributed by atoms with Gasteiger partial charge in [0.15, 0.2) is 0 Å². The number of anilines is 1. The van der Waals surface area contributed by atoms with E-state index >= 15 is 0 Å². The number of aromatic nitrogens is 3. The Labute approximate surface area is 112 Å². The van der Waals surface area contributed by atoms with Crippen molar-refractivity contribution in [3.8, 4) is 0 Å². The van der Waals surface area contributed by atoms with Gasteiger partial charge in [0.05, 0.1) is 11.7 Å². The van der Waals surface area contributed by atoms with Gasteiger partial charge in [0, 0.05) is 23.3 Å². The highest BCUT2D eigenvalue weighted by Crippen LogP contribution is 2.24. The molecule has 0 saturated carbocycles. The third kappa shape index (κ3) is 2.72. The van der Waals surface area contributed by atoms with Crippen molar-refractivity contribution < 1.29 is 0 Å². The lowest BCUT2D eigenvalue weighted by Gasteiger charge is -2.16. The number of imidazole rings is 1. The molecule has 2 rings (SSSR count). The van der Waals surface area contributed by atoms with Gasteiger partial charge in [0.25, 0.3) is 0 Å². The van der Waals surface area contributed by atoms with Crippen LogP contribution in [0.15, 0.2) is 12.4 Å². The minimum absolute atomic E-state index is 0.183. The Hall–Kier alpha value is -1.36. The summed E-state index contributed by atoms with van der Waals surface area (Å²) in [6, 6.07) is 0.585. The zero-order chi connectivity index (χ0) is 13.3. The highest BCUT2D eigenvalue weighted by molar-refractivity contribution is 7.11. The largest absolute Gasteiger partial charge is 0.347 e. The van der Waals surface area contributed by atoms with E-state index in [2.05, 4.69) is 53.7 Å². The van der Waals surface area contributed by atoms with Crippen LogP contribution in [0, 0.1) is 13.8 Å². The van der Waals surface area contributed by atoms with Gasteiger partial charge in [-0.15, -0.1) is 11.3 Å². The molecule has 0 aliphatic heterocycles. The van der Waals surface area contributed by atoms with Crippen LogP contribution in [0.1, 0.15) is 48.4 Å². The number of nitrogens with zero attached hydrogens (tertiary/aromatic N) is 3. The fourth-order valence-electron chi connectivity index (χ4n) is 1.84. The smallest absolute Gasteiger partial charge is 0.203 e. The van der Waals surface area contributed by atoms with Crippen molar-refractivity contribution >= 4 is 17.3 Å². The molecule has 0 aliphatic carbocycles. The zero-order valence-corrected chi connectivity index (χ0v) is 12.4. The van der Waals surface area contributed by atoms with Crippen LogP contribution in [0.4, 0.5) is 5.95 Å². The SMILES string of the molecule is Cc1cn(C(C)C)c(NC(C)c2ncc(C)s2)n1. The maximum absolute atomic E-state index is 4.53. The Morgan fingerprint density at radius 2 is 2.00 bits per heavy atom. The van der Waals surface area contributed by atoms with E-state index in [4.69, 9.17) is 0 Å². The first-order valence-corrected chi connectivity index (χ1v) is 7.03. The maximum Gasteiger partial charge on any atom is 0.203 e. The first-order valence-electron chi connectivity index (χ1n) is 6.21. The van der Waals surface area contributed by atoms with E-state index in [1.165, 1.54) is 4.88 Å². The number of aryl methyl sites for hydroxylation is 2. The van der Waals surface area contributed by atoms with E-state index in [0.717, 1.165) is 16.6 Å². The quantitative estimate of drug-likeness (QED) is 0.915. The van der Waals surface area contributed by atoms with Crippen LogP contribution in [0.25, 0.3) is 0 Å². The first-order chi connectivity index (χ1) is 8.47. The molecule has 2 aromatic rings. The number of hydrogen-bond acceptors (Lipinski definition) is 4. The van der Waals surface area contributed by atoms with Crippen LogP contribution < -0.4 is 5.32 Å². The van der Waals surface area contributed by atoms with Gasteiger partial charge >= 0.3 is 0 Å². The summed E-state index contributed by atoms with van der Waals surface area (Å²) in [5.74, 6) is 0.919. The second kappa shape index (κ2) is 5.10. The fourth-order valence-corrected chi connectivity index (χ4v) is 2.62. The van der Waals surface area contributed by atoms with E-state index in [-0.39, 0.29) is 6.04 Å². The van der Waals surface area contributed by atoms with Crippen LogP contribution in [-0.4, -0.2) is 14.5 Å². The van der Waals surface area contributed by atoms with Crippen molar-refractivity contribution in [1.82, 2.24) is 14.5 Å². The van der Waals surface area contributed by atoms with Crippen LogP contribution in [0.5, 0.6) is 0 Å². The second-order valence-electron chi connectivity index (χ2n) is 4.88.